The zero-order valence-electron chi connectivity index (χ0n) is 16.6. The van der Waals surface area contributed by atoms with E-state index in [0.717, 1.165) is 37.5 Å². The molecule has 6 heteroatoms. The van der Waals surface area contributed by atoms with Crippen LogP contribution in [0.4, 0.5) is 10.1 Å². The largest absolute Gasteiger partial charge is 0.366 e. The van der Waals surface area contributed by atoms with Crippen molar-refractivity contribution < 1.29 is 14.1 Å². The van der Waals surface area contributed by atoms with E-state index in [0.29, 0.717) is 31.9 Å². The number of piperazine rings is 1. The maximum Gasteiger partial charge on any atom is 0.226 e. The summed E-state index contributed by atoms with van der Waals surface area (Å²) >= 11 is 5.96. The Bertz CT molecular complexity index is 828. The van der Waals surface area contributed by atoms with Crippen molar-refractivity contribution in [2.45, 2.75) is 19.4 Å². The first-order chi connectivity index (χ1) is 14.1. The molecule has 2 heterocycles. The topological polar surface area (TPSA) is 28.0 Å². The van der Waals surface area contributed by atoms with Crippen LogP contribution in [0.2, 0.25) is 5.02 Å². The molecule has 0 bridgehead atoms. The Morgan fingerprint density at radius 1 is 1.00 bits per heavy atom. The van der Waals surface area contributed by atoms with Crippen LogP contribution < -0.4 is 9.80 Å². The van der Waals surface area contributed by atoms with Gasteiger partial charge in [0.1, 0.15) is 12.4 Å². The number of quaternary nitrogens is 1. The third kappa shape index (κ3) is 4.90. The molecule has 0 atom stereocenters. The van der Waals surface area contributed by atoms with Crippen LogP contribution in [0.1, 0.15) is 18.4 Å². The van der Waals surface area contributed by atoms with Crippen molar-refractivity contribution >= 4 is 23.2 Å². The molecule has 0 spiro atoms. The van der Waals surface area contributed by atoms with E-state index in [9.17, 15) is 9.18 Å². The standard InChI is InChI=1S/C23H27ClFN3O/c24-20-7-5-18(6-8-20)17-26-11-9-19(10-12-26)23(29)28-15-13-27(14-16-28)22-4-2-1-3-21(22)25/h1-8,19H,9-17H2/p+1. The van der Waals surface area contributed by atoms with Crippen LogP contribution in [0.25, 0.3) is 0 Å². The molecule has 29 heavy (non-hydrogen) atoms. The van der Waals surface area contributed by atoms with E-state index in [2.05, 4.69) is 12.1 Å². The number of benzene rings is 2. The molecule has 0 radical (unpaired) electrons. The average Bonchev–Trinajstić information content (AvgIpc) is 2.76. The van der Waals surface area contributed by atoms with Crippen molar-refractivity contribution in [3.8, 4) is 0 Å². The SMILES string of the molecule is O=C(C1CC[NH+](Cc2ccc(Cl)cc2)CC1)N1CCN(c2ccccc2F)CC1. The summed E-state index contributed by atoms with van der Waals surface area (Å²) in [6.45, 7) is 5.75. The van der Waals surface area contributed by atoms with E-state index >= 15 is 0 Å². The van der Waals surface area contributed by atoms with E-state index in [1.807, 2.05) is 34.1 Å². The first kappa shape index (κ1) is 20.2. The van der Waals surface area contributed by atoms with E-state index < -0.39 is 0 Å². The predicted octanol–water partition coefficient (Wildman–Crippen LogP) is 2.62. The molecule has 0 aliphatic carbocycles. The molecule has 1 amide bonds. The lowest BCUT2D eigenvalue weighted by Gasteiger charge is -2.38. The summed E-state index contributed by atoms with van der Waals surface area (Å²) in [6.07, 6.45) is 1.88. The normalized spacial score (nSPS) is 22.6. The molecule has 154 valence electrons. The van der Waals surface area contributed by atoms with Crippen LogP contribution in [0, 0.1) is 11.7 Å². The van der Waals surface area contributed by atoms with Gasteiger partial charge >= 0.3 is 0 Å². The summed E-state index contributed by atoms with van der Waals surface area (Å²) in [5.41, 5.74) is 1.93. The van der Waals surface area contributed by atoms with E-state index in [1.54, 1.807) is 6.07 Å². The van der Waals surface area contributed by atoms with Gasteiger partial charge in [-0.1, -0.05) is 35.9 Å². The third-order valence-corrected chi connectivity index (χ3v) is 6.45. The summed E-state index contributed by atoms with van der Waals surface area (Å²) in [6, 6.07) is 14.9. The van der Waals surface area contributed by atoms with Crippen molar-refractivity contribution in [2.24, 2.45) is 5.92 Å². The Kier molecular flexibility index (Phi) is 6.36. The lowest BCUT2D eigenvalue weighted by molar-refractivity contribution is -0.919. The lowest BCUT2D eigenvalue weighted by Crippen LogP contribution is -3.11. The second kappa shape index (κ2) is 9.14. The minimum atomic E-state index is -0.191. The monoisotopic (exact) mass is 416 g/mol. The highest BCUT2D eigenvalue weighted by Gasteiger charge is 2.32. The molecule has 0 aromatic heterocycles. The van der Waals surface area contributed by atoms with Crippen LogP contribution in [0.15, 0.2) is 48.5 Å². The van der Waals surface area contributed by atoms with Crippen molar-refractivity contribution in [3.63, 3.8) is 0 Å². The maximum atomic E-state index is 14.0. The number of likely N-dealkylation sites (tertiary alicyclic amines) is 1. The number of para-hydroxylation sites is 1. The van der Waals surface area contributed by atoms with Gasteiger partial charge in [-0.25, -0.2) is 4.39 Å². The van der Waals surface area contributed by atoms with E-state index in [4.69, 9.17) is 11.6 Å². The second-order valence-electron chi connectivity index (χ2n) is 8.09. The number of nitrogens with zero attached hydrogens (tertiary/aromatic N) is 2. The van der Waals surface area contributed by atoms with Gasteiger partial charge in [0.2, 0.25) is 5.91 Å². The van der Waals surface area contributed by atoms with Gasteiger partial charge in [-0.05, 0) is 24.3 Å². The number of halogens is 2. The lowest BCUT2D eigenvalue weighted by atomic mass is 9.94. The number of amides is 1. The minimum Gasteiger partial charge on any atom is -0.366 e. The molecule has 2 aromatic rings. The van der Waals surface area contributed by atoms with Crippen LogP contribution in [0.3, 0.4) is 0 Å². The fourth-order valence-corrected chi connectivity index (χ4v) is 4.60. The van der Waals surface area contributed by atoms with Crippen LogP contribution >= 0.6 is 11.6 Å². The highest BCUT2D eigenvalue weighted by atomic mass is 35.5. The molecule has 2 aromatic carbocycles. The Hall–Kier alpha value is -2.11. The van der Waals surface area contributed by atoms with Crippen molar-refractivity contribution in [3.05, 3.63) is 64.9 Å². The van der Waals surface area contributed by atoms with Gasteiger partial charge < -0.3 is 14.7 Å². The number of carbonyl (C=O) groups excluding carboxylic acids is 1. The van der Waals surface area contributed by atoms with Crippen LogP contribution in [0.5, 0.6) is 0 Å². The van der Waals surface area contributed by atoms with Crippen molar-refractivity contribution in [2.75, 3.05) is 44.2 Å². The molecule has 4 nitrogen and oxygen atoms in total. The first-order valence-electron chi connectivity index (χ1n) is 10.5. The molecule has 1 N–H and O–H groups in total. The minimum absolute atomic E-state index is 0.129. The molecule has 0 saturated carbocycles. The van der Waals surface area contributed by atoms with Crippen LogP contribution in [-0.2, 0) is 11.3 Å². The number of hydrogen-bond donors (Lipinski definition) is 1. The molecule has 2 aliphatic rings. The smallest absolute Gasteiger partial charge is 0.226 e. The zero-order valence-corrected chi connectivity index (χ0v) is 17.4. The Morgan fingerprint density at radius 3 is 2.31 bits per heavy atom. The number of nitrogens with one attached hydrogen (secondary N) is 1. The molecule has 4 rings (SSSR count). The number of anilines is 1. The fourth-order valence-electron chi connectivity index (χ4n) is 4.47. The van der Waals surface area contributed by atoms with Gasteiger partial charge in [0.05, 0.1) is 18.8 Å². The quantitative estimate of drug-likeness (QED) is 0.829. The van der Waals surface area contributed by atoms with Gasteiger partial charge in [-0.3, -0.25) is 4.79 Å². The van der Waals surface area contributed by atoms with Gasteiger partial charge in [-0.2, -0.15) is 0 Å². The predicted molar refractivity (Wildman–Crippen MR) is 114 cm³/mol. The zero-order chi connectivity index (χ0) is 20.2. The highest BCUT2D eigenvalue weighted by molar-refractivity contribution is 6.30. The van der Waals surface area contributed by atoms with Crippen molar-refractivity contribution in [1.29, 1.82) is 0 Å². The summed E-state index contributed by atoms with van der Waals surface area (Å²) in [5, 5.41) is 0.767. The van der Waals surface area contributed by atoms with Gasteiger partial charge in [0.15, 0.2) is 0 Å². The molecular formula is C23H28ClFN3O+. The van der Waals surface area contributed by atoms with Gasteiger partial charge in [0, 0.05) is 55.5 Å². The molecule has 2 aliphatic heterocycles. The third-order valence-electron chi connectivity index (χ3n) is 6.19. The molecular weight excluding hydrogens is 389 g/mol. The Labute approximate surface area is 176 Å². The number of hydrogen-bond acceptors (Lipinski definition) is 2. The van der Waals surface area contributed by atoms with Crippen molar-refractivity contribution in [1.82, 2.24) is 4.90 Å². The van der Waals surface area contributed by atoms with E-state index in [-0.39, 0.29) is 17.6 Å². The first-order valence-corrected chi connectivity index (χ1v) is 10.8. The van der Waals surface area contributed by atoms with Gasteiger partial charge in [0.25, 0.3) is 0 Å². The molecule has 2 fully saturated rings. The number of carbonyl (C=O) groups is 1. The Balaban J connectivity index is 1.25. The summed E-state index contributed by atoms with van der Waals surface area (Å²) in [4.78, 5) is 18.5. The summed E-state index contributed by atoms with van der Waals surface area (Å²) < 4.78 is 14.0. The van der Waals surface area contributed by atoms with Gasteiger partial charge in [-0.15, -0.1) is 0 Å². The molecule has 0 unspecified atom stereocenters. The summed E-state index contributed by atoms with van der Waals surface area (Å²) in [5.74, 6) is 0.219. The molecule has 2 saturated heterocycles. The van der Waals surface area contributed by atoms with Crippen LogP contribution in [-0.4, -0.2) is 50.1 Å². The fraction of sp³-hybridized carbons (Fsp3) is 0.435. The average molecular weight is 417 g/mol. The maximum absolute atomic E-state index is 14.0. The Morgan fingerprint density at radius 2 is 1.66 bits per heavy atom. The highest BCUT2D eigenvalue weighted by Crippen LogP contribution is 2.22. The number of piperidine rings is 1. The van der Waals surface area contributed by atoms with E-state index in [1.165, 1.54) is 16.5 Å². The second-order valence-corrected chi connectivity index (χ2v) is 8.53. The summed E-state index contributed by atoms with van der Waals surface area (Å²) in [7, 11) is 0. The number of rotatable bonds is 4.